The molecular weight excluding hydrogens is 310 g/mol. The van der Waals surface area contributed by atoms with E-state index in [2.05, 4.69) is 5.10 Å². The summed E-state index contributed by atoms with van der Waals surface area (Å²) in [5.41, 5.74) is 2.53. The van der Waals surface area contributed by atoms with Crippen molar-refractivity contribution < 1.29 is 8.42 Å². The lowest BCUT2D eigenvalue weighted by Crippen LogP contribution is -2.26. The Labute approximate surface area is 135 Å². The highest BCUT2D eigenvalue weighted by Gasteiger charge is 2.21. The molecule has 1 aromatic heterocycles. The van der Waals surface area contributed by atoms with Crippen LogP contribution < -0.4 is 4.31 Å². The maximum absolute atomic E-state index is 12.7. The lowest BCUT2D eigenvalue weighted by molar-refractivity contribution is 0.594. The highest BCUT2D eigenvalue weighted by atomic mass is 32.2. The fourth-order valence-corrected chi connectivity index (χ4v) is 3.44. The van der Waals surface area contributed by atoms with E-state index in [0.717, 1.165) is 11.3 Å². The highest BCUT2D eigenvalue weighted by Crippen LogP contribution is 2.23. The van der Waals surface area contributed by atoms with Crippen LogP contribution in [0.2, 0.25) is 0 Å². The molecule has 3 rings (SSSR count). The van der Waals surface area contributed by atoms with Gasteiger partial charge < -0.3 is 0 Å². The molecule has 0 atom stereocenters. The smallest absolute Gasteiger partial charge is 0.264 e. The fraction of sp³-hybridized carbons (Fsp3) is 0.118. The second-order valence-corrected chi connectivity index (χ2v) is 7.22. The molecule has 0 spiro atoms. The molecule has 5 nitrogen and oxygen atoms in total. The number of hydrogen-bond donors (Lipinski definition) is 0. The molecule has 0 saturated heterocycles. The van der Waals surface area contributed by atoms with Crippen molar-refractivity contribution in [1.29, 1.82) is 0 Å². The minimum absolute atomic E-state index is 0.247. The van der Waals surface area contributed by atoms with Gasteiger partial charge in [-0.25, -0.2) is 13.1 Å². The number of anilines is 1. The molecule has 0 unspecified atom stereocenters. The molecule has 6 heteroatoms. The number of sulfonamides is 1. The number of hydrogen-bond acceptors (Lipinski definition) is 3. The van der Waals surface area contributed by atoms with Gasteiger partial charge in [0.25, 0.3) is 10.0 Å². The Bertz CT molecular complexity index is 884. The first-order valence-electron chi connectivity index (χ1n) is 7.14. The minimum Gasteiger partial charge on any atom is -0.269 e. The number of nitrogens with zero attached hydrogens (tertiary/aromatic N) is 3. The summed E-state index contributed by atoms with van der Waals surface area (Å²) in [5, 5.41) is 4.13. The predicted molar refractivity (Wildman–Crippen MR) is 90.3 cm³/mol. The summed E-state index contributed by atoms with van der Waals surface area (Å²) in [5.74, 6) is 0. The van der Waals surface area contributed by atoms with Gasteiger partial charge in [0.15, 0.2) is 0 Å². The van der Waals surface area contributed by atoms with E-state index in [-0.39, 0.29) is 4.90 Å². The monoisotopic (exact) mass is 327 g/mol. The van der Waals surface area contributed by atoms with Gasteiger partial charge in [0, 0.05) is 19.4 Å². The van der Waals surface area contributed by atoms with Gasteiger partial charge in [-0.3, -0.25) is 4.31 Å². The molecule has 0 aliphatic carbocycles. The Morgan fingerprint density at radius 2 is 1.65 bits per heavy atom. The first-order chi connectivity index (χ1) is 11.0. The fourth-order valence-electron chi connectivity index (χ4n) is 2.24. The van der Waals surface area contributed by atoms with Gasteiger partial charge in [-0.15, -0.1) is 0 Å². The minimum atomic E-state index is -3.59. The van der Waals surface area contributed by atoms with E-state index >= 15 is 0 Å². The van der Waals surface area contributed by atoms with E-state index in [1.807, 2.05) is 31.3 Å². The Balaban J connectivity index is 1.91. The summed E-state index contributed by atoms with van der Waals surface area (Å²) in [4.78, 5) is 0.247. The summed E-state index contributed by atoms with van der Waals surface area (Å²) in [6.45, 7) is 1.96. The Morgan fingerprint density at radius 3 is 2.22 bits per heavy atom. The van der Waals surface area contributed by atoms with Crippen molar-refractivity contribution in [2.45, 2.75) is 11.8 Å². The number of aromatic nitrogens is 2. The SMILES string of the molecule is Cc1ccc(N(C)S(=O)(=O)c2ccc(-n3cccn3)cc2)cc1. The topological polar surface area (TPSA) is 55.2 Å². The van der Waals surface area contributed by atoms with E-state index in [4.69, 9.17) is 0 Å². The summed E-state index contributed by atoms with van der Waals surface area (Å²) in [6.07, 6.45) is 3.48. The number of aryl methyl sites for hydroxylation is 1. The summed E-state index contributed by atoms with van der Waals surface area (Å²) in [7, 11) is -2.03. The van der Waals surface area contributed by atoms with Gasteiger partial charge in [-0.1, -0.05) is 17.7 Å². The molecule has 0 radical (unpaired) electrons. The predicted octanol–water partition coefficient (Wildman–Crippen LogP) is 3.01. The van der Waals surface area contributed by atoms with E-state index in [0.29, 0.717) is 5.69 Å². The van der Waals surface area contributed by atoms with Gasteiger partial charge in [-0.05, 0) is 49.4 Å². The van der Waals surface area contributed by atoms with Crippen LogP contribution in [-0.2, 0) is 10.0 Å². The number of benzene rings is 2. The molecule has 0 bridgehead atoms. The van der Waals surface area contributed by atoms with Gasteiger partial charge in [0.1, 0.15) is 0 Å². The van der Waals surface area contributed by atoms with Crippen LogP contribution in [0.3, 0.4) is 0 Å². The molecule has 0 aliphatic heterocycles. The van der Waals surface area contributed by atoms with Crippen molar-refractivity contribution in [1.82, 2.24) is 9.78 Å². The lowest BCUT2D eigenvalue weighted by atomic mass is 10.2. The number of rotatable bonds is 4. The molecule has 0 N–H and O–H groups in total. The second kappa shape index (κ2) is 5.89. The molecule has 0 aliphatic rings. The molecule has 0 saturated carbocycles. The first kappa shape index (κ1) is 15.3. The Morgan fingerprint density at radius 1 is 1.00 bits per heavy atom. The van der Waals surface area contributed by atoms with E-state index in [1.54, 1.807) is 54.3 Å². The summed E-state index contributed by atoms with van der Waals surface area (Å²) >= 11 is 0. The maximum atomic E-state index is 12.7. The molecule has 23 heavy (non-hydrogen) atoms. The average Bonchev–Trinajstić information content (AvgIpc) is 3.09. The maximum Gasteiger partial charge on any atom is 0.264 e. The Hall–Kier alpha value is -2.60. The zero-order valence-corrected chi connectivity index (χ0v) is 13.7. The van der Waals surface area contributed by atoms with Crippen LogP contribution in [0.5, 0.6) is 0 Å². The Kier molecular flexibility index (Phi) is 3.92. The molecular formula is C17H17N3O2S. The largest absolute Gasteiger partial charge is 0.269 e. The van der Waals surface area contributed by atoms with Crippen LogP contribution in [0.1, 0.15) is 5.56 Å². The van der Waals surface area contributed by atoms with Gasteiger partial charge >= 0.3 is 0 Å². The summed E-state index contributed by atoms with van der Waals surface area (Å²) in [6, 6.07) is 15.9. The highest BCUT2D eigenvalue weighted by molar-refractivity contribution is 7.92. The first-order valence-corrected chi connectivity index (χ1v) is 8.58. The zero-order chi connectivity index (χ0) is 16.4. The van der Waals surface area contributed by atoms with Crippen LogP contribution in [0.15, 0.2) is 71.9 Å². The van der Waals surface area contributed by atoms with E-state index < -0.39 is 10.0 Å². The van der Waals surface area contributed by atoms with E-state index in [9.17, 15) is 8.42 Å². The third-order valence-corrected chi connectivity index (χ3v) is 5.46. The zero-order valence-electron chi connectivity index (χ0n) is 12.9. The summed E-state index contributed by atoms with van der Waals surface area (Å²) < 4.78 is 28.4. The lowest BCUT2D eigenvalue weighted by Gasteiger charge is -2.19. The standard InChI is InChI=1S/C17H17N3O2S/c1-14-4-6-15(7-5-14)19(2)23(21,22)17-10-8-16(9-11-17)20-13-3-12-18-20/h3-13H,1-2H3. The van der Waals surface area contributed by atoms with Crippen LogP contribution in [0, 0.1) is 6.92 Å². The molecule has 3 aromatic rings. The third kappa shape index (κ3) is 2.98. The molecule has 1 heterocycles. The van der Waals surface area contributed by atoms with Crippen molar-refractivity contribution >= 4 is 15.7 Å². The normalized spacial score (nSPS) is 11.4. The van der Waals surface area contributed by atoms with E-state index in [1.165, 1.54) is 4.31 Å². The van der Waals surface area contributed by atoms with Crippen molar-refractivity contribution in [3.63, 3.8) is 0 Å². The van der Waals surface area contributed by atoms with Gasteiger partial charge in [0.2, 0.25) is 0 Å². The molecule has 0 amide bonds. The molecule has 0 fully saturated rings. The van der Waals surface area contributed by atoms with Crippen molar-refractivity contribution in [2.75, 3.05) is 11.4 Å². The van der Waals surface area contributed by atoms with Crippen LogP contribution in [-0.4, -0.2) is 25.2 Å². The van der Waals surface area contributed by atoms with Crippen LogP contribution >= 0.6 is 0 Å². The third-order valence-electron chi connectivity index (χ3n) is 3.66. The van der Waals surface area contributed by atoms with Crippen LogP contribution in [0.25, 0.3) is 5.69 Å². The van der Waals surface area contributed by atoms with Gasteiger partial charge in [0.05, 0.1) is 16.3 Å². The average molecular weight is 327 g/mol. The van der Waals surface area contributed by atoms with Crippen LogP contribution in [0.4, 0.5) is 5.69 Å². The second-order valence-electron chi connectivity index (χ2n) is 5.25. The van der Waals surface area contributed by atoms with Crippen molar-refractivity contribution in [2.24, 2.45) is 0 Å². The van der Waals surface area contributed by atoms with Gasteiger partial charge in [-0.2, -0.15) is 5.10 Å². The van der Waals surface area contributed by atoms with Crippen molar-refractivity contribution in [3.05, 3.63) is 72.6 Å². The molecule has 118 valence electrons. The molecule has 2 aromatic carbocycles. The van der Waals surface area contributed by atoms with Crippen molar-refractivity contribution in [3.8, 4) is 5.69 Å². The quantitative estimate of drug-likeness (QED) is 0.740.